The number of carbonyl (C=O) groups is 1. The molecule has 0 aliphatic rings. The second-order valence-corrected chi connectivity index (χ2v) is 6.20. The Morgan fingerprint density at radius 3 is 2.54 bits per heavy atom. The number of non-ortho nitro benzene ring substituents is 1. The third-order valence-electron chi connectivity index (χ3n) is 3.49. The normalized spacial score (nSPS) is 10.9. The highest BCUT2D eigenvalue weighted by atomic mass is 16.6. The van der Waals surface area contributed by atoms with E-state index in [-0.39, 0.29) is 11.4 Å². The summed E-state index contributed by atoms with van der Waals surface area (Å²) in [5.74, 6) is 1.12. The van der Waals surface area contributed by atoms with Crippen LogP contribution >= 0.6 is 0 Å². The zero-order valence-electron chi connectivity index (χ0n) is 14.7. The first kappa shape index (κ1) is 19.0. The van der Waals surface area contributed by atoms with E-state index in [4.69, 9.17) is 19.9 Å². The van der Waals surface area contributed by atoms with Crippen LogP contribution in [0.5, 0.6) is 17.2 Å². The number of methoxy groups -OCH3 is 1. The van der Waals surface area contributed by atoms with Crippen molar-refractivity contribution in [3.05, 3.63) is 58.1 Å². The quantitative estimate of drug-likeness (QED) is 0.593. The summed E-state index contributed by atoms with van der Waals surface area (Å²) in [6, 6.07) is 11.3. The number of nitro benzene ring substituents is 1. The van der Waals surface area contributed by atoms with Crippen LogP contribution in [0.1, 0.15) is 19.4 Å². The Balaban J connectivity index is 2.21. The van der Waals surface area contributed by atoms with Gasteiger partial charge in [-0.2, -0.15) is 0 Å². The number of nitrogens with two attached hydrogens (primary N) is 1. The van der Waals surface area contributed by atoms with Crippen molar-refractivity contribution in [1.29, 1.82) is 0 Å². The van der Waals surface area contributed by atoms with E-state index in [0.717, 1.165) is 5.56 Å². The fourth-order valence-corrected chi connectivity index (χ4v) is 2.50. The molecule has 0 saturated carbocycles. The van der Waals surface area contributed by atoms with E-state index in [1.165, 1.54) is 25.3 Å². The molecule has 8 nitrogen and oxygen atoms in total. The lowest BCUT2D eigenvalue weighted by Crippen LogP contribution is -2.33. The molecule has 0 bridgehead atoms. The molecule has 0 aliphatic heterocycles. The van der Waals surface area contributed by atoms with Gasteiger partial charge in [0.25, 0.3) is 5.69 Å². The van der Waals surface area contributed by atoms with Gasteiger partial charge in [0.2, 0.25) is 0 Å². The van der Waals surface area contributed by atoms with E-state index in [1.807, 2.05) is 6.07 Å². The first-order chi connectivity index (χ1) is 12.2. The average Bonchev–Trinajstić information content (AvgIpc) is 2.53. The maximum Gasteiger partial charge on any atom is 0.405 e. The standard InChI is InChI=1S/C18H20N2O6/c1-18(2,26-17(19)21)11-12-5-4-6-14(9-12)25-15-8-7-13(20(22)23)10-16(15)24-3/h4-10H,11H2,1-3H3,(H2,19,21). The number of nitrogens with zero attached hydrogens (tertiary/aromatic N) is 1. The minimum atomic E-state index is -0.835. The van der Waals surface area contributed by atoms with E-state index >= 15 is 0 Å². The van der Waals surface area contributed by atoms with Crippen LogP contribution in [-0.4, -0.2) is 23.7 Å². The fourth-order valence-electron chi connectivity index (χ4n) is 2.50. The van der Waals surface area contributed by atoms with Crippen molar-refractivity contribution >= 4 is 11.8 Å². The molecule has 1 amide bonds. The van der Waals surface area contributed by atoms with Crippen molar-refractivity contribution in [2.75, 3.05) is 7.11 Å². The van der Waals surface area contributed by atoms with Gasteiger partial charge in [-0.25, -0.2) is 4.79 Å². The first-order valence-electron chi connectivity index (χ1n) is 7.78. The molecule has 0 unspecified atom stereocenters. The SMILES string of the molecule is COc1cc([N+](=O)[O-])ccc1Oc1cccc(CC(C)(C)OC(N)=O)c1. The van der Waals surface area contributed by atoms with Gasteiger partial charge < -0.3 is 19.9 Å². The van der Waals surface area contributed by atoms with Crippen LogP contribution in [0.2, 0.25) is 0 Å². The Morgan fingerprint density at radius 1 is 1.19 bits per heavy atom. The third-order valence-corrected chi connectivity index (χ3v) is 3.49. The van der Waals surface area contributed by atoms with Crippen molar-refractivity contribution in [3.63, 3.8) is 0 Å². The van der Waals surface area contributed by atoms with Crippen molar-refractivity contribution in [2.24, 2.45) is 5.73 Å². The van der Waals surface area contributed by atoms with Gasteiger partial charge in [0.05, 0.1) is 18.1 Å². The molecule has 2 aromatic rings. The highest BCUT2D eigenvalue weighted by molar-refractivity contribution is 5.65. The van der Waals surface area contributed by atoms with E-state index in [9.17, 15) is 14.9 Å². The minimum absolute atomic E-state index is 0.0895. The molecule has 2 N–H and O–H groups in total. The molecule has 2 aromatic carbocycles. The van der Waals surface area contributed by atoms with Crippen LogP contribution in [0, 0.1) is 10.1 Å². The van der Waals surface area contributed by atoms with Gasteiger partial charge in [0.15, 0.2) is 11.5 Å². The smallest absolute Gasteiger partial charge is 0.405 e. The number of hydrogen-bond donors (Lipinski definition) is 1. The Hall–Kier alpha value is -3.29. The van der Waals surface area contributed by atoms with Gasteiger partial charge in [-0.1, -0.05) is 12.1 Å². The summed E-state index contributed by atoms with van der Waals surface area (Å²) in [6.45, 7) is 3.51. The van der Waals surface area contributed by atoms with Crippen molar-refractivity contribution in [3.8, 4) is 17.2 Å². The molecule has 0 fully saturated rings. The number of carbonyl (C=O) groups excluding carboxylic acids is 1. The summed E-state index contributed by atoms with van der Waals surface area (Å²) in [4.78, 5) is 21.3. The zero-order chi connectivity index (χ0) is 19.3. The molecule has 26 heavy (non-hydrogen) atoms. The molecule has 0 saturated heterocycles. The average molecular weight is 360 g/mol. The van der Waals surface area contributed by atoms with Gasteiger partial charge in [-0.15, -0.1) is 0 Å². The van der Waals surface area contributed by atoms with Crippen LogP contribution in [0.4, 0.5) is 10.5 Å². The predicted molar refractivity (Wildman–Crippen MR) is 94.6 cm³/mol. The number of hydrogen-bond acceptors (Lipinski definition) is 6. The van der Waals surface area contributed by atoms with E-state index < -0.39 is 16.6 Å². The monoisotopic (exact) mass is 360 g/mol. The molecule has 0 heterocycles. The molecular weight excluding hydrogens is 340 g/mol. The highest BCUT2D eigenvalue weighted by Gasteiger charge is 2.22. The Kier molecular flexibility index (Phi) is 5.66. The van der Waals surface area contributed by atoms with Gasteiger partial charge in [0, 0.05) is 12.5 Å². The summed E-state index contributed by atoms with van der Waals surface area (Å²) < 4.78 is 16.0. The van der Waals surface area contributed by atoms with E-state index in [1.54, 1.807) is 32.0 Å². The molecule has 0 atom stereocenters. The summed E-state index contributed by atoms with van der Waals surface area (Å²) >= 11 is 0. The molecule has 2 rings (SSSR count). The van der Waals surface area contributed by atoms with Crippen molar-refractivity contribution in [2.45, 2.75) is 25.9 Å². The van der Waals surface area contributed by atoms with Crippen LogP contribution in [0.15, 0.2) is 42.5 Å². The maximum atomic E-state index is 11.0. The Morgan fingerprint density at radius 2 is 1.92 bits per heavy atom. The first-order valence-corrected chi connectivity index (χ1v) is 7.78. The highest BCUT2D eigenvalue weighted by Crippen LogP contribution is 2.35. The summed E-state index contributed by atoms with van der Waals surface area (Å²) in [7, 11) is 1.41. The molecular formula is C18H20N2O6. The Labute approximate surface area is 150 Å². The van der Waals surface area contributed by atoms with Gasteiger partial charge in [-0.05, 0) is 37.6 Å². The largest absolute Gasteiger partial charge is 0.493 e. The summed E-state index contributed by atoms with van der Waals surface area (Å²) in [5.41, 5.74) is 5.09. The molecule has 0 aliphatic carbocycles. The lowest BCUT2D eigenvalue weighted by Gasteiger charge is -2.24. The summed E-state index contributed by atoms with van der Waals surface area (Å²) in [5, 5.41) is 10.9. The molecule has 138 valence electrons. The maximum absolute atomic E-state index is 11.0. The number of rotatable bonds is 7. The van der Waals surface area contributed by atoms with Crippen LogP contribution in [0.3, 0.4) is 0 Å². The van der Waals surface area contributed by atoms with Gasteiger partial charge in [0.1, 0.15) is 11.4 Å². The van der Waals surface area contributed by atoms with Gasteiger partial charge in [-0.3, -0.25) is 10.1 Å². The minimum Gasteiger partial charge on any atom is -0.493 e. The lowest BCUT2D eigenvalue weighted by atomic mass is 9.98. The zero-order valence-corrected chi connectivity index (χ0v) is 14.7. The second-order valence-electron chi connectivity index (χ2n) is 6.20. The van der Waals surface area contributed by atoms with Crippen molar-refractivity contribution < 1.29 is 23.9 Å². The second kappa shape index (κ2) is 7.73. The van der Waals surface area contributed by atoms with E-state index in [2.05, 4.69) is 0 Å². The number of amides is 1. The van der Waals surface area contributed by atoms with Crippen LogP contribution in [0.25, 0.3) is 0 Å². The summed E-state index contributed by atoms with van der Waals surface area (Å²) in [6.07, 6.45) is -0.400. The molecule has 0 radical (unpaired) electrons. The Bertz CT molecular complexity index is 819. The lowest BCUT2D eigenvalue weighted by molar-refractivity contribution is -0.384. The van der Waals surface area contributed by atoms with E-state index in [0.29, 0.717) is 17.9 Å². The number of nitro groups is 1. The topological polar surface area (TPSA) is 114 Å². The van der Waals surface area contributed by atoms with Crippen LogP contribution in [-0.2, 0) is 11.2 Å². The van der Waals surface area contributed by atoms with Gasteiger partial charge >= 0.3 is 6.09 Å². The number of benzene rings is 2. The van der Waals surface area contributed by atoms with Crippen molar-refractivity contribution in [1.82, 2.24) is 0 Å². The molecule has 8 heteroatoms. The number of ether oxygens (including phenoxy) is 3. The molecule has 0 spiro atoms. The fraction of sp³-hybridized carbons (Fsp3) is 0.278. The third kappa shape index (κ3) is 5.10. The predicted octanol–water partition coefficient (Wildman–Crippen LogP) is 3.81. The number of primary amides is 1. The molecule has 0 aromatic heterocycles. The van der Waals surface area contributed by atoms with Crippen LogP contribution < -0.4 is 15.2 Å².